The topological polar surface area (TPSA) is 101 Å². The summed E-state index contributed by atoms with van der Waals surface area (Å²) in [5, 5.41) is 2.62. The fourth-order valence-corrected chi connectivity index (χ4v) is 0.519. The molecule has 0 aliphatic heterocycles. The van der Waals surface area contributed by atoms with Crippen LogP contribution < -0.4 is 0 Å². The highest BCUT2D eigenvalue weighted by Gasteiger charge is 2.17. The summed E-state index contributed by atoms with van der Waals surface area (Å²) in [6.45, 7) is 3.14. The molecule has 0 N–H and O–H groups in total. The fraction of sp³-hybridized carbons (Fsp3) is 0.667. The molecule has 0 aliphatic rings. The van der Waals surface area contributed by atoms with Gasteiger partial charge in [-0.1, -0.05) is 0 Å². The normalized spacial score (nSPS) is 10.9. The summed E-state index contributed by atoms with van der Waals surface area (Å²) in [6, 6.07) is 0. The van der Waals surface area contributed by atoms with Crippen molar-refractivity contribution in [3.05, 3.63) is 10.4 Å². The maximum Gasteiger partial charge on any atom is 0.397 e. The molecule has 0 spiro atoms. The molecule has 0 unspecified atom stereocenters. The Morgan fingerprint density at radius 1 is 1.62 bits per heavy atom. The smallest absolute Gasteiger partial charge is 0.397 e. The number of rotatable bonds is 3. The number of azide groups is 1. The van der Waals surface area contributed by atoms with E-state index in [1.165, 1.54) is 6.92 Å². The Morgan fingerprint density at radius 2 is 2.23 bits per heavy atom. The standard InChI is InChI=1S/C6H9N3O4/c1-3-12-5(10)4(2)13-6(11)8-9-7/h4H,3H2,1-2H3/t4-/m0/s1. The summed E-state index contributed by atoms with van der Waals surface area (Å²) in [6.07, 6.45) is -2.21. The molecule has 0 aliphatic carbocycles. The van der Waals surface area contributed by atoms with Gasteiger partial charge >= 0.3 is 12.1 Å². The number of ether oxygens (including phenoxy) is 2. The molecule has 1 atom stereocenters. The number of hydrogen-bond donors (Lipinski definition) is 0. The van der Waals surface area contributed by atoms with Gasteiger partial charge in [-0.3, -0.25) is 0 Å². The van der Waals surface area contributed by atoms with Crippen molar-refractivity contribution in [2.75, 3.05) is 6.61 Å². The van der Waals surface area contributed by atoms with Gasteiger partial charge in [-0.15, -0.1) is 0 Å². The third-order valence-corrected chi connectivity index (χ3v) is 1.02. The molecule has 7 nitrogen and oxygen atoms in total. The molecule has 0 rings (SSSR count). The van der Waals surface area contributed by atoms with E-state index < -0.39 is 18.2 Å². The first-order chi connectivity index (χ1) is 6.11. The van der Waals surface area contributed by atoms with Crippen LogP contribution in [0, 0.1) is 0 Å². The van der Waals surface area contributed by atoms with Crippen molar-refractivity contribution in [2.45, 2.75) is 20.0 Å². The van der Waals surface area contributed by atoms with E-state index in [1.807, 2.05) is 0 Å². The Balaban J connectivity index is 3.99. The van der Waals surface area contributed by atoms with E-state index in [0.717, 1.165) is 0 Å². The summed E-state index contributed by atoms with van der Waals surface area (Å²) in [5.74, 6) is -0.677. The molecule has 0 saturated heterocycles. The summed E-state index contributed by atoms with van der Waals surface area (Å²) in [5.41, 5.74) is 7.83. The second-order valence-electron chi connectivity index (χ2n) is 1.97. The molecule has 0 aromatic carbocycles. The predicted molar refractivity (Wildman–Crippen MR) is 41.7 cm³/mol. The van der Waals surface area contributed by atoms with E-state index in [4.69, 9.17) is 5.53 Å². The van der Waals surface area contributed by atoms with Crippen LogP contribution in [0.3, 0.4) is 0 Å². The lowest BCUT2D eigenvalue weighted by Crippen LogP contribution is -2.24. The van der Waals surface area contributed by atoms with Gasteiger partial charge in [0.25, 0.3) is 0 Å². The molecule has 0 radical (unpaired) electrons. The summed E-state index contributed by atoms with van der Waals surface area (Å²) >= 11 is 0. The first-order valence-corrected chi connectivity index (χ1v) is 3.54. The van der Waals surface area contributed by atoms with Crippen LogP contribution in [0.2, 0.25) is 0 Å². The van der Waals surface area contributed by atoms with Crippen molar-refractivity contribution < 1.29 is 19.1 Å². The monoisotopic (exact) mass is 187 g/mol. The third-order valence-electron chi connectivity index (χ3n) is 1.02. The van der Waals surface area contributed by atoms with Gasteiger partial charge in [-0.2, -0.15) is 0 Å². The van der Waals surface area contributed by atoms with Crippen LogP contribution in [0.4, 0.5) is 4.79 Å². The molecule has 1 amide bonds. The zero-order valence-corrected chi connectivity index (χ0v) is 7.26. The zero-order chi connectivity index (χ0) is 10.3. The van der Waals surface area contributed by atoms with Crippen molar-refractivity contribution in [3.8, 4) is 0 Å². The summed E-state index contributed by atoms with van der Waals surface area (Å²) < 4.78 is 8.90. The Bertz CT molecular complexity index is 246. The van der Waals surface area contributed by atoms with Gasteiger partial charge in [0.1, 0.15) is 0 Å². The van der Waals surface area contributed by atoms with Gasteiger partial charge in [-0.25, -0.2) is 9.59 Å². The maximum absolute atomic E-state index is 10.8. The molecule has 0 aromatic heterocycles. The molecule has 0 heterocycles. The molecule has 0 bridgehead atoms. The van der Waals surface area contributed by atoms with Crippen LogP contribution >= 0.6 is 0 Å². The SMILES string of the molecule is CCOC(=O)[C@H](C)OC(=O)N=[N+]=[N-]. The van der Waals surface area contributed by atoms with Crippen LogP contribution in [0.1, 0.15) is 13.8 Å². The number of esters is 1. The van der Waals surface area contributed by atoms with E-state index in [-0.39, 0.29) is 6.61 Å². The average molecular weight is 187 g/mol. The second-order valence-corrected chi connectivity index (χ2v) is 1.97. The molecule has 0 aromatic rings. The average Bonchev–Trinajstić information content (AvgIpc) is 2.05. The molecule has 0 fully saturated rings. The minimum absolute atomic E-state index is 0.197. The van der Waals surface area contributed by atoms with Crippen LogP contribution in [-0.4, -0.2) is 24.8 Å². The van der Waals surface area contributed by atoms with Crippen LogP contribution in [0.5, 0.6) is 0 Å². The minimum atomic E-state index is -1.15. The molecule has 0 saturated carbocycles. The van der Waals surface area contributed by atoms with Gasteiger partial charge in [0, 0.05) is 10.0 Å². The Labute approximate surface area is 74.2 Å². The van der Waals surface area contributed by atoms with Gasteiger partial charge < -0.3 is 9.47 Å². The van der Waals surface area contributed by atoms with Crippen molar-refractivity contribution >= 4 is 12.1 Å². The van der Waals surface area contributed by atoms with Gasteiger partial charge in [0.2, 0.25) is 0 Å². The maximum atomic E-state index is 10.8. The van der Waals surface area contributed by atoms with Crippen molar-refractivity contribution in [2.24, 2.45) is 5.11 Å². The summed E-state index contributed by atoms with van der Waals surface area (Å²) in [7, 11) is 0. The van der Waals surface area contributed by atoms with Gasteiger partial charge in [0.05, 0.1) is 6.61 Å². The number of carbonyl (C=O) groups excluding carboxylic acids is 2. The highest BCUT2D eigenvalue weighted by atomic mass is 16.6. The number of nitrogens with zero attached hydrogens (tertiary/aromatic N) is 3. The largest absolute Gasteiger partial charge is 0.463 e. The van der Waals surface area contributed by atoms with Crippen molar-refractivity contribution in [1.82, 2.24) is 0 Å². The number of amides is 1. The van der Waals surface area contributed by atoms with E-state index in [0.29, 0.717) is 0 Å². The number of carbonyl (C=O) groups is 2. The number of hydrogen-bond acceptors (Lipinski definition) is 4. The Morgan fingerprint density at radius 3 is 2.69 bits per heavy atom. The minimum Gasteiger partial charge on any atom is -0.463 e. The first-order valence-electron chi connectivity index (χ1n) is 3.54. The van der Waals surface area contributed by atoms with E-state index in [2.05, 4.69) is 19.5 Å². The fourth-order valence-electron chi connectivity index (χ4n) is 0.519. The molecular formula is C6H9N3O4. The van der Waals surface area contributed by atoms with Gasteiger partial charge in [-0.05, 0) is 19.4 Å². The summed E-state index contributed by atoms with van der Waals surface area (Å²) in [4.78, 5) is 23.6. The van der Waals surface area contributed by atoms with E-state index in [1.54, 1.807) is 6.92 Å². The molecular weight excluding hydrogens is 178 g/mol. The lowest BCUT2D eigenvalue weighted by atomic mass is 10.4. The molecule has 7 heteroatoms. The predicted octanol–water partition coefficient (Wildman–Crippen LogP) is 1.38. The van der Waals surface area contributed by atoms with Crippen LogP contribution in [0.25, 0.3) is 10.4 Å². The first kappa shape index (κ1) is 11.2. The Hall–Kier alpha value is -1.75. The zero-order valence-electron chi connectivity index (χ0n) is 7.26. The van der Waals surface area contributed by atoms with Gasteiger partial charge in [0.15, 0.2) is 6.10 Å². The van der Waals surface area contributed by atoms with Crippen LogP contribution in [-0.2, 0) is 14.3 Å². The van der Waals surface area contributed by atoms with Crippen molar-refractivity contribution in [3.63, 3.8) is 0 Å². The Kier molecular flexibility index (Phi) is 5.06. The second kappa shape index (κ2) is 5.84. The quantitative estimate of drug-likeness (QED) is 0.288. The lowest BCUT2D eigenvalue weighted by Gasteiger charge is -2.09. The van der Waals surface area contributed by atoms with E-state index >= 15 is 0 Å². The van der Waals surface area contributed by atoms with E-state index in [9.17, 15) is 9.59 Å². The highest BCUT2D eigenvalue weighted by Crippen LogP contribution is 1.97. The molecule has 72 valence electrons. The molecule has 13 heavy (non-hydrogen) atoms. The lowest BCUT2D eigenvalue weighted by molar-refractivity contribution is -0.151. The van der Waals surface area contributed by atoms with Crippen LogP contribution in [0.15, 0.2) is 5.11 Å². The van der Waals surface area contributed by atoms with Crippen molar-refractivity contribution in [1.29, 1.82) is 0 Å². The third kappa shape index (κ3) is 4.65. The highest BCUT2D eigenvalue weighted by molar-refractivity contribution is 5.78.